The summed E-state index contributed by atoms with van der Waals surface area (Å²) in [5.41, 5.74) is 1.93. The first kappa shape index (κ1) is 36.0. The van der Waals surface area contributed by atoms with E-state index in [1.807, 2.05) is 0 Å². The van der Waals surface area contributed by atoms with Crippen LogP contribution in [-0.4, -0.2) is 35.5 Å². The van der Waals surface area contributed by atoms with Gasteiger partial charge in [0, 0.05) is 30.9 Å². The molecule has 5 rings (SSSR count). The van der Waals surface area contributed by atoms with E-state index < -0.39 is 36.5 Å². The number of hydrogen-bond donors (Lipinski definition) is 1. The van der Waals surface area contributed by atoms with E-state index in [0.717, 1.165) is 10.4 Å². The van der Waals surface area contributed by atoms with Crippen LogP contribution in [0.3, 0.4) is 0 Å². The van der Waals surface area contributed by atoms with Gasteiger partial charge in [-0.2, -0.15) is 8.61 Å². The molecule has 48 heavy (non-hydrogen) atoms. The molecule has 1 heterocycles. The smallest absolute Gasteiger partial charge is 0.247 e. The van der Waals surface area contributed by atoms with Gasteiger partial charge in [-0.3, -0.25) is 4.98 Å². The molecule has 0 bridgehead atoms. The van der Waals surface area contributed by atoms with E-state index >= 15 is 0 Å². The average molecular weight is 770 g/mol. The summed E-state index contributed by atoms with van der Waals surface area (Å²) in [6.07, 6.45) is 1.38. The van der Waals surface area contributed by atoms with Gasteiger partial charge in [-0.1, -0.05) is 101 Å². The van der Waals surface area contributed by atoms with Crippen LogP contribution in [0.5, 0.6) is 5.75 Å². The number of nitrogens with zero attached hydrogens (tertiary/aromatic N) is 3. The molecule has 5 aromatic rings. The highest BCUT2D eigenvalue weighted by Crippen LogP contribution is 2.37. The van der Waals surface area contributed by atoms with Crippen molar-refractivity contribution >= 4 is 66.5 Å². The van der Waals surface area contributed by atoms with Crippen LogP contribution in [0.25, 0.3) is 0 Å². The lowest BCUT2D eigenvalue weighted by atomic mass is 10.1. The first-order valence-electron chi connectivity index (χ1n) is 14.1. The Morgan fingerprint density at radius 3 is 1.67 bits per heavy atom. The quantitative estimate of drug-likeness (QED) is 0.137. The van der Waals surface area contributed by atoms with Crippen molar-refractivity contribution in [2.24, 2.45) is 0 Å². The molecular formula is C33H26Cl4FN3O5S2. The minimum Gasteiger partial charge on any atom is -0.505 e. The fraction of sp³-hybridized carbons (Fsp3) is 0.121. The Balaban J connectivity index is 1.45. The fourth-order valence-electron chi connectivity index (χ4n) is 4.75. The zero-order chi connectivity index (χ0) is 34.6. The molecule has 0 radical (unpaired) electrons. The summed E-state index contributed by atoms with van der Waals surface area (Å²) < 4.78 is 71.2. The maximum absolute atomic E-state index is 13.9. The van der Waals surface area contributed by atoms with Gasteiger partial charge in [0.05, 0.1) is 32.2 Å². The average Bonchev–Trinajstić information content (AvgIpc) is 3.05. The van der Waals surface area contributed by atoms with Crippen molar-refractivity contribution in [2.45, 2.75) is 36.0 Å². The van der Waals surface area contributed by atoms with Crippen molar-refractivity contribution in [1.82, 2.24) is 13.6 Å². The Morgan fingerprint density at radius 1 is 0.625 bits per heavy atom. The molecule has 1 N–H and O–H groups in total. The van der Waals surface area contributed by atoms with Crippen LogP contribution < -0.4 is 0 Å². The van der Waals surface area contributed by atoms with Gasteiger partial charge < -0.3 is 5.11 Å². The van der Waals surface area contributed by atoms with Gasteiger partial charge >= 0.3 is 0 Å². The predicted octanol–water partition coefficient (Wildman–Crippen LogP) is 8.32. The molecule has 0 atom stereocenters. The summed E-state index contributed by atoms with van der Waals surface area (Å²) >= 11 is 24.5. The van der Waals surface area contributed by atoms with Crippen molar-refractivity contribution in [1.29, 1.82) is 0 Å². The molecule has 8 nitrogen and oxygen atoms in total. The SMILES string of the molecule is O=S(=O)(c1ccccc1)N(Cc1ccc(CN(Cc2ccc(F)cc2)S(=O)(=O)c2cc(Cl)cc(Cl)c2O)cc1)Cc1ncc(Cl)cc1Cl. The predicted molar refractivity (Wildman–Crippen MR) is 185 cm³/mol. The summed E-state index contributed by atoms with van der Waals surface area (Å²) in [6.45, 7) is -0.555. The molecule has 0 spiro atoms. The molecule has 1 aromatic heterocycles. The van der Waals surface area contributed by atoms with Crippen LogP contribution in [-0.2, 0) is 46.2 Å². The molecule has 15 heteroatoms. The van der Waals surface area contributed by atoms with Crippen molar-refractivity contribution in [3.05, 3.63) is 152 Å². The maximum atomic E-state index is 13.9. The van der Waals surface area contributed by atoms with E-state index in [4.69, 9.17) is 46.4 Å². The van der Waals surface area contributed by atoms with Crippen LogP contribution in [0.4, 0.5) is 4.39 Å². The highest BCUT2D eigenvalue weighted by molar-refractivity contribution is 7.89. The van der Waals surface area contributed by atoms with Gasteiger partial charge in [0.2, 0.25) is 20.0 Å². The third kappa shape index (κ3) is 8.47. The molecule has 0 saturated carbocycles. The monoisotopic (exact) mass is 767 g/mol. The number of rotatable bonds is 12. The standard InChI is InChI=1S/C33H26Cl4FN3O5S2/c34-25-14-30(37)33(42)32(16-25)48(45,46)40(19-24-10-12-27(38)13-11-24)18-22-6-8-23(9-7-22)20-41(21-31-29(36)15-26(35)17-39-31)47(43,44)28-4-2-1-3-5-28/h1-17,42H,18-21H2. The highest BCUT2D eigenvalue weighted by Gasteiger charge is 2.30. The number of hydrogen-bond acceptors (Lipinski definition) is 6. The second-order valence-corrected chi connectivity index (χ2v) is 16.2. The Labute approximate surface area is 298 Å². The van der Waals surface area contributed by atoms with Gasteiger partial charge in [0.1, 0.15) is 10.7 Å². The number of aromatic nitrogens is 1. The van der Waals surface area contributed by atoms with Gasteiger partial charge in [-0.05, 0) is 59.2 Å². The van der Waals surface area contributed by atoms with Crippen LogP contribution >= 0.6 is 46.4 Å². The van der Waals surface area contributed by atoms with Crippen LogP contribution in [0, 0.1) is 5.82 Å². The number of halogens is 5. The minimum absolute atomic E-state index is 0.00700. The van der Waals surface area contributed by atoms with Gasteiger partial charge in [0.15, 0.2) is 5.75 Å². The third-order valence-electron chi connectivity index (χ3n) is 7.22. The number of phenolic OH excluding ortho intramolecular Hbond substituents is 1. The molecular weight excluding hydrogens is 743 g/mol. The van der Waals surface area contributed by atoms with E-state index in [9.17, 15) is 26.3 Å². The first-order chi connectivity index (χ1) is 22.7. The Morgan fingerprint density at radius 2 is 1.12 bits per heavy atom. The highest BCUT2D eigenvalue weighted by atomic mass is 35.5. The third-order valence-corrected chi connectivity index (χ3v) is 11.9. The second kappa shape index (κ2) is 15.1. The van der Waals surface area contributed by atoms with E-state index in [0.29, 0.717) is 27.4 Å². The lowest BCUT2D eigenvalue weighted by Crippen LogP contribution is -2.31. The Kier molecular flexibility index (Phi) is 11.3. The van der Waals surface area contributed by atoms with Crippen LogP contribution in [0.1, 0.15) is 22.4 Å². The molecule has 0 saturated heterocycles. The summed E-state index contributed by atoms with van der Waals surface area (Å²) in [5.74, 6) is -1.14. The van der Waals surface area contributed by atoms with E-state index in [2.05, 4.69) is 4.98 Å². The fourth-order valence-corrected chi connectivity index (χ4v) is 8.76. The number of benzene rings is 4. The summed E-state index contributed by atoms with van der Waals surface area (Å²) in [5, 5.41) is 10.8. The number of phenols is 1. The number of pyridine rings is 1. The lowest BCUT2D eigenvalue weighted by molar-refractivity contribution is 0.392. The largest absolute Gasteiger partial charge is 0.505 e. The van der Waals surface area contributed by atoms with E-state index in [1.54, 1.807) is 42.5 Å². The minimum atomic E-state index is -4.40. The van der Waals surface area contributed by atoms with Gasteiger partial charge in [-0.25, -0.2) is 21.2 Å². The van der Waals surface area contributed by atoms with Crippen molar-refractivity contribution in [2.75, 3.05) is 0 Å². The summed E-state index contributed by atoms with van der Waals surface area (Å²) in [7, 11) is -8.41. The number of sulfonamides is 2. The van der Waals surface area contributed by atoms with Crippen molar-refractivity contribution in [3.63, 3.8) is 0 Å². The van der Waals surface area contributed by atoms with Crippen molar-refractivity contribution < 1.29 is 26.3 Å². The molecule has 250 valence electrons. The second-order valence-electron chi connectivity index (χ2n) is 10.6. The first-order valence-corrected chi connectivity index (χ1v) is 18.5. The normalized spacial score (nSPS) is 12.1. The molecule has 0 aliphatic heterocycles. The molecule has 0 amide bonds. The lowest BCUT2D eigenvalue weighted by Gasteiger charge is -2.24. The van der Waals surface area contributed by atoms with Crippen LogP contribution in [0.15, 0.2) is 113 Å². The molecule has 0 fully saturated rings. The molecule has 0 aliphatic carbocycles. The zero-order valence-electron chi connectivity index (χ0n) is 24.8. The van der Waals surface area contributed by atoms with Gasteiger partial charge in [0.25, 0.3) is 0 Å². The van der Waals surface area contributed by atoms with Crippen LogP contribution in [0.2, 0.25) is 20.1 Å². The number of aromatic hydroxyl groups is 1. The summed E-state index contributed by atoms with van der Waals surface area (Å²) in [6, 6.07) is 23.7. The van der Waals surface area contributed by atoms with E-state index in [-0.39, 0.29) is 46.1 Å². The zero-order valence-corrected chi connectivity index (χ0v) is 29.4. The van der Waals surface area contributed by atoms with E-state index in [1.165, 1.54) is 59.0 Å². The van der Waals surface area contributed by atoms with Gasteiger partial charge in [-0.15, -0.1) is 0 Å². The van der Waals surface area contributed by atoms with Crippen molar-refractivity contribution in [3.8, 4) is 5.75 Å². The molecule has 0 unspecified atom stereocenters. The topological polar surface area (TPSA) is 108 Å². The molecule has 4 aromatic carbocycles. The Hall–Kier alpha value is -3.26. The summed E-state index contributed by atoms with van der Waals surface area (Å²) in [4.78, 5) is 3.82. The Bertz CT molecular complexity index is 2140. The molecule has 0 aliphatic rings. The maximum Gasteiger partial charge on any atom is 0.247 e.